The van der Waals surface area contributed by atoms with Gasteiger partial charge in [-0.15, -0.1) is 0 Å². The number of rotatable bonds is 4. The molecule has 6 rings (SSSR count). The number of benzene rings is 2. The Balaban J connectivity index is 1.45. The van der Waals surface area contributed by atoms with Gasteiger partial charge in [-0.2, -0.15) is 0 Å². The summed E-state index contributed by atoms with van der Waals surface area (Å²) < 4.78 is 5.71. The number of nitrogens with zero attached hydrogens (tertiary/aromatic N) is 2. The number of allylic oxidation sites excluding steroid dienone is 1. The molecule has 3 fully saturated rings. The Bertz CT molecular complexity index is 1220. The number of carbonyl (C=O) groups excluding carboxylic acids is 3. The first-order valence-corrected chi connectivity index (χ1v) is 12.2. The molecule has 0 N–H and O–H groups in total. The molecule has 0 unspecified atom stereocenters. The zero-order valence-corrected chi connectivity index (χ0v) is 19.6. The van der Waals surface area contributed by atoms with E-state index < -0.39 is 17.9 Å². The molecular weight excluding hydrogens is 452 g/mol. The Hall–Kier alpha value is -2.96. The summed E-state index contributed by atoms with van der Waals surface area (Å²) in [4.78, 5) is 44.7. The Kier molecular flexibility index (Phi) is 5.12. The molecule has 6 nitrogen and oxygen atoms in total. The van der Waals surface area contributed by atoms with Crippen LogP contribution in [-0.4, -0.2) is 53.8 Å². The van der Waals surface area contributed by atoms with Crippen LogP contribution < -0.4 is 4.90 Å². The third kappa shape index (κ3) is 3.16. The van der Waals surface area contributed by atoms with Crippen molar-refractivity contribution in [3.05, 3.63) is 70.8 Å². The van der Waals surface area contributed by atoms with Gasteiger partial charge in [0.2, 0.25) is 11.8 Å². The van der Waals surface area contributed by atoms with Crippen LogP contribution in [0.15, 0.2) is 54.6 Å². The lowest BCUT2D eigenvalue weighted by molar-refractivity contribution is -0.142. The van der Waals surface area contributed by atoms with Crippen LogP contribution in [0.3, 0.4) is 0 Å². The Morgan fingerprint density at radius 3 is 2.53 bits per heavy atom. The van der Waals surface area contributed by atoms with E-state index in [0.29, 0.717) is 17.2 Å². The van der Waals surface area contributed by atoms with Crippen molar-refractivity contribution in [1.82, 2.24) is 4.90 Å². The maximum absolute atomic E-state index is 13.9. The third-order valence-electron chi connectivity index (χ3n) is 7.65. The standard InChI is InChI=1S/C27H25ClN2O4/c1-15-13-21-22-23(27(33)29(26(22)32)14-18-5-4-12-34-18)24(25(31)16-8-10-17(28)11-9-16)30(21)20-7-3-2-6-19(15)20/h2-3,6-11,13,18,21-24H,4-5,12,14H2,1H3/t18-,21+,22-,23+,24-/m0/s1. The number of Topliss-reactive ketones (excluding diaryl/α,β-unsaturated/α-hetero) is 1. The van der Waals surface area contributed by atoms with Gasteiger partial charge in [-0.25, -0.2) is 0 Å². The Morgan fingerprint density at radius 1 is 1.06 bits per heavy atom. The number of imide groups is 1. The van der Waals surface area contributed by atoms with Crippen molar-refractivity contribution in [2.45, 2.75) is 38.0 Å². The van der Waals surface area contributed by atoms with Gasteiger partial charge in [0.25, 0.3) is 0 Å². The first kappa shape index (κ1) is 21.6. The summed E-state index contributed by atoms with van der Waals surface area (Å²) in [5.41, 5.74) is 3.44. The second-order valence-electron chi connectivity index (χ2n) is 9.55. The van der Waals surface area contributed by atoms with Gasteiger partial charge in [0, 0.05) is 28.4 Å². The average Bonchev–Trinajstić information content (AvgIpc) is 3.53. The highest BCUT2D eigenvalue weighted by Gasteiger charge is 2.64. The zero-order chi connectivity index (χ0) is 23.6. The predicted molar refractivity (Wildman–Crippen MR) is 129 cm³/mol. The average molecular weight is 477 g/mol. The van der Waals surface area contributed by atoms with E-state index in [1.807, 2.05) is 36.1 Å². The van der Waals surface area contributed by atoms with Crippen LogP contribution in [0.5, 0.6) is 0 Å². The number of ether oxygens (including phenoxy) is 1. The van der Waals surface area contributed by atoms with Gasteiger partial charge in [-0.05, 0) is 55.7 Å². The molecule has 2 aromatic carbocycles. The van der Waals surface area contributed by atoms with E-state index in [0.717, 1.165) is 29.7 Å². The topological polar surface area (TPSA) is 66.9 Å². The quantitative estimate of drug-likeness (QED) is 0.493. The van der Waals surface area contributed by atoms with E-state index in [9.17, 15) is 14.4 Å². The fourth-order valence-electron chi connectivity index (χ4n) is 6.12. The third-order valence-corrected chi connectivity index (χ3v) is 7.91. The summed E-state index contributed by atoms with van der Waals surface area (Å²) in [6.07, 6.45) is 3.69. The number of fused-ring (bicyclic) bond motifs is 5. The van der Waals surface area contributed by atoms with Crippen molar-refractivity contribution in [1.29, 1.82) is 0 Å². The van der Waals surface area contributed by atoms with E-state index in [2.05, 4.69) is 6.08 Å². The molecule has 3 saturated heterocycles. The van der Waals surface area contributed by atoms with Crippen molar-refractivity contribution in [3.63, 3.8) is 0 Å². The summed E-state index contributed by atoms with van der Waals surface area (Å²) >= 11 is 6.05. The molecule has 4 aliphatic heterocycles. The normalized spacial score (nSPS) is 29.7. The van der Waals surface area contributed by atoms with Gasteiger partial charge in [0.05, 0.1) is 30.5 Å². The van der Waals surface area contributed by atoms with E-state index in [1.165, 1.54) is 4.90 Å². The second kappa shape index (κ2) is 8.07. The second-order valence-corrected chi connectivity index (χ2v) is 9.99. The highest BCUT2D eigenvalue weighted by atomic mass is 35.5. The summed E-state index contributed by atoms with van der Waals surface area (Å²) in [6, 6.07) is 13.5. The number of likely N-dealkylation sites (tertiary alicyclic amines) is 1. The fraction of sp³-hybridized carbons (Fsp3) is 0.370. The van der Waals surface area contributed by atoms with Crippen LogP contribution in [-0.2, 0) is 14.3 Å². The lowest BCUT2D eigenvalue weighted by Crippen LogP contribution is -2.49. The molecule has 2 amide bonds. The molecule has 0 radical (unpaired) electrons. The maximum atomic E-state index is 13.9. The lowest BCUT2D eigenvalue weighted by Gasteiger charge is -2.38. The van der Waals surface area contributed by atoms with Crippen LogP contribution in [0, 0.1) is 11.8 Å². The van der Waals surface area contributed by atoms with Crippen LogP contribution >= 0.6 is 11.6 Å². The molecule has 174 valence electrons. The van der Waals surface area contributed by atoms with Gasteiger partial charge in [-0.3, -0.25) is 19.3 Å². The summed E-state index contributed by atoms with van der Waals surface area (Å²) in [5.74, 6) is -1.97. The van der Waals surface area contributed by atoms with Crippen LogP contribution in [0.1, 0.15) is 35.7 Å². The first-order chi connectivity index (χ1) is 16.5. The number of para-hydroxylation sites is 1. The molecule has 0 aliphatic carbocycles. The summed E-state index contributed by atoms with van der Waals surface area (Å²) in [7, 11) is 0. The first-order valence-electron chi connectivity index (χ1n) is 11.8. The molecular formula is C27H25ClN2O4. The number of anilines is 1. The molecule has 7 heteroatoms. The van der Waals surface area contributed by atoms with E-state index in [-0.39, 0.29) is 36.3 Å². The minimum absolute atomic E-state index is 0.127. The van der Waals surface area contributed by atoms with Crippen molar-refractivity contribution in [3.8, 4) is 0 Å². The van der Waals surface area contributed by atoms with Crippen LogP contribution in [0.25, 0.3) is 5.57 Å². The summed E-state index contributed by atoms with van der Waals surface area (Å²) in [6.45, 7) is 2.93. The van der Waals surface area contributed by atoms with Gasteiger partial charge in [0.15, 0.2) is 5.78 Å². The summed E-state index contributed by atoms with van der Waals surface area (Å²) in [5, 5.41) is 0.537. The van der Waals surface area contributed by atoms with Crippen molar-refractivity contribution >= 4 is 40.5 Å². The molecule has 0 bridgehead atoms. The zero-order valence-electron chi connectivity index (χ0n) is 18.8. The van der Waals surface area contributed by atoms with E-state index in [4.69, 9.17) is 16.3 Å². The largest absolute Gasteiger partial charge is 0.376 e. The highest BCUT2D eigenvalue weighted by molar-refractivity contribution is 6.30. The van der Waals surface area contributed by atoms with E-state index >= 15 is 0 Å². The number of carbonyl (C=O) groups is 3. The molecule has 0 saturated carbocycles. The van der Waals surface area contributed by atoms with Gasteiger partial charge < -0.3 is 9.64 Å². The predicted octanol–water partition coefficient (Wildman–Crippen LogP) is 3.98. The van der Waals surface area contributed by atoms with Crippen molar-refractivity contribution < 1.29 is 19.1 Å². The molecule has 2 aromatic rings. The number of ketones is 1. The number of hydrogen-bond acceptors (Lipinski definition) is 5. The van der Waals surface area contributed by atoms with Gasteiger partial charge in [0.1, 0.15) is 6.04 Å². The Morgan fingerprint density at radius 2 is 1.79 bits per heavy atom. The lowest BCUT2D eigenvalue weighted by atomic mass is 9.85. The van der Waals surface area contributed by atoms with Crippen molar-refractivity contribution in [2.75, 3.05) is 18.1 Å². The molecule has 0 aromatic heterocycles. The van der Waals surface area contributed by atoms with Gasteiger partial charge in [-0.1, -0.05) is 35.9 Å². The Labute approximate surface area is 203 Å². The number of halogens is 1. The van der Waals surface area contributed by atoms with Crippen molar-refractivity contribution in [2.24, 2.45) is 11.8 Å². The SMILES string of the molecule is CC1=C[C@@H]2[C@@H]3C(=O)N(C[C@@H]4CCCO4)C(=O)[C@H]3[C@@H](C(=O)c3ccc(Cl)cc3)N2c2ccccc21. The number of amides is 2. The molecule has 4 aliphatic rings. The molecule has 4 heterocycles. The van der Waals surface area contributed by atoms with Crippen LogP contribution in [0.4, 0.5) is 5.69 Å². The molecule has 34 heavy (non-hydrogen) atoms. The van der Waals surface area contributed by atoms with Gasteiger partial charge >= 0.3 is 0 Å². The minimum atomic E-state index is -0.771. The van der Waals surface area contributed by atoms with E-state index in [1.54, 1.807) is 24.3 Å². The van der Waals surface area contributed by atoms with Crippen LogP contribution in [0.2, 0.25) is 5.02 Å². The molecule has 0 spiro atoms. The number of hydrogen-bond donors (Lipinski definition) is 0. The minimum Gasteiger partial charge on any atom is -0.376 e. The highest BCUT2D eigenvalue weighted by Crippen LogP contribution is 2.50. The maximum Gasteiger partial charge on any atom is 0.235 e. The smallest absolute Gasteiger partial charge is 0.235 e. The fourth-order valence-corrected chi connectivity index (χ4v) is 6.24. The molecule has 5 atom stereocenters. The monoisotopic (exact) mass is 476 g/mol.